The zero-order valence-corrected chi connectivity index (χ0v) is 13.7. The first-order valence-corrected chi connectivity index (χ1v) is 7.60. The predicted octanol–water partition coefficient (Wildman–Crippen LogP) is 3.19. The first-order valence-electron chi connectivity index (χ1n) is 6.52. The van der Waals surface area contributed by atoms with E-state index in [0.717, 1.165) is 12.1 Å². The Morgan fingerprint density at radius 3 is 2.32 bits per heavy atom. The SMILES string of the molecule is CC(C)(C)N1C[C@H](C(=O)O)[C@@H](c2ccc(I)cc2)C1. The molecule has 1 aliphatic rings. The Hall–Kier alpha value is -0.620. The fourth-order valence-electron chi connectivity index (χ4n) is 2.65. The Labute approximate surface area is 128 Å². The molecule has 0 bridgehead atoms. The van der Waals surface area contributed by atoms with Crippen LogP contribution in [0, 0.1) is 9.49 Å². The van der Waals surface area contributed by atoms with Gasteiger partial charge in [-0.3, -0.25) is 9.69 Å². The molecule has 1 N–H and O–H groups in total. The van der Waals surface area contributed by atoms with Crippen LogP contribution < -0.4 is 0 Å². The standard InChI is InChI=1S/C15H20INO2/c1-15(2,3)17-8-12(13(9-17)14(18)19)10-4-6-11(16)7-5-10/h4-7,12-13H,8-9H2,1-3H3,(H,18,19)/t12-,13+/m1/s1. The number of hydrogen-bond acceptors (Lipinski definition) is 2. The molecule has 0 radical (unpaired) electrons. The first-order chi connectivity index (χ1) is 8.79. The smallest absolute Gasteiger partial charge is 0.308 e. The maximum absolute atomic E-state index is 11.5. The van der Waals surface area contributed by atoms with Crippen molar-refractivity contribution in [3.63, 3.8) is 0 Å². The molecule has 4 heteroatoms. The molecule has 0 saturated carbocycles. The van der Waals surface area contributed by atoms with E-state index in [4.69, 9.17) is 0 Å². The zero-order chi connectivity index (χ0) is 14.2. The summed E-state index contributed by atoms with van der Waals surface area (Å²) in [6, 6.07) is 8.23. The summed E-state index contributed by atoms with van der Waals surface area (Å²) in [4.78, 5) is 13.8. The van der Waals surface area contributed by atoms with Gasteiger partial charge in [0.05, 0.1) is 5.92 Å². The molecule has 0 unspecified atom stereocenters. The molecule has 2 rings (SSSR count). The van der Waals surface area contributed by atoms with Gasteiger partial charge in [-0.1, -0.05) is 12.1 Å². The van der Waals surface area contributed by atoms with Crippen LogP contribution in [0.2, 0.25) is 0 Å². The highest BCUT2D eigenvalue weighted by molar-refractivity contribution is 14.1. The Kier molecular flexibility index (Phi) is 4.20. The van der Waals surface area contributed by atoms with Gasteiger partial charge in [0.25, 0.3) is 0 Å². The summed E-state index contributed by atoms with van der Waals surface area (Å²) in [5, 5.41) is 9.45. The number of carbonyl (C=O) groups is 1. The van der Waals surface area contributed by atoms with Crippen LogP contribution in [0.1, 0.15) is 32.3 Å². The number of carboxylic acids is 1. The number of aliphatic carboxylic acids is 1. The summed E-state index contributed by atoms with van der Waals surface area (Å²) in [6.45, 7) is 7.88. The molecule has 0 aliphatic carbocycles. The third kappa shape index (κ3) is 3.28. The second-order valence-electron chi connectivity index (χ2n) is 6.18. The van der Waals surface area contributed by atoms with Crippen LogP contribution in [0.3, 0.4) is 0 Å². The second-order valence-corrected chi connectivity index (χ2v) is 7.42. The Bertz CT molecular complexity index is 464. The topological polar surface area (TPSA) is 40.5 Å². The monoisotopic (exact) mass is 373 g/mol. The van der Waals surface area contributed by atoms with Gasteiger partial charge < -0.3 is 5.11 Å². The number of nitrogens with zero attached hydrogens (tertiary/aromatic N) is 1. The lowest BCUT2D eigenvalue weighted by molar-refractivity contribution is -0.141. The minimum Gasteiger partial charge on any atom is -0.481 e. The van der Waals surface area contributed by atoms with Crippen LogP contribution in [0.25, 0.3) is 0 Å². The predicted molar refractivity (Wildman–Crippen MR) is 84.4 cm³/mol. The van der Waals surface area contributed by atoms with E-state index >= 15 is 0 Å². The average Bonchev–Trinajstić information content (AvgIpc) is 2.74. The van der Waals surface area contributed by atoms with Gasteiger partial charge >= 0.3 is 5.97 Å². The van der Waals surface area contributed by atoms with Crippen LogP contribution in [0.4, 0.5) is 0 Å². The van der Waals surface area contributed by atoms with Crippen molar-refractivity contribution in [2.24, 2.45) is 5.92 Å². The van der Waals surface area contributed by atoms with Gasteiger partial charge in [-0.05, 0) is 61.1 Å². The van der Waals surface area contributed by atoms with E-state index in [1.165, 1.54) is 3.57 Å². The largest absolute Gasteiger partial charge is 0.481 e. The van der Waals surface area contributed by atoms with Gasteiger partial charge in [-0.15, -0.1) is 0 Å². The number of benzene rings is 1. The lowest BCUT2D eigenvalue weighted by Crippen LogP contribution is -2.40. The lowest BCUT2D eigenvalue weighted by atomic mass is 9.89. The Morgan fingerprint density at radius 2 is 1.84 bits per heavy atom. The highest BCUT2D eigenvalue weighted by atomic mass is 127. The van der Waals surface area contributed by atoms with Gasteiger partial charge in [0.15, 0.2) is 0 Å². The molecule has 1 aromatic carbocycles. The highest BCUT2D eigenvalue weighted by Gasteiger charge is 2.41. The van der Waals surface area contributed by atoms with E-state index in [-0.39, 0.29) is 17.4 Å². The van der Waals surface area contributed by atoms with E-state index in [1.54, 1.807) is 0 Å². The van der Waals surface area contributed by atoms with Crippen LogP contribution >= 0.6 is 22.6 Å². The summed E-state index contributed by atoms with van der Waals surface area (Å²) >= 11 is 2.27. The second kappa shape index (κ2) is 5.40. The normalized spacial score (nSPS) is 24.6. The number of rotatable bonds is 2. The molecule has 0 aromatic heterocycles. The summed E-state index contributed by atoms with van der Waals surface area (Å²) < 4.78 is 1.18. The third-order valence-corrected chi connectivity index (χ3v) is 4.60. The number of hydrogen-bond donors (Lipinski definition) is 1. The van der Waals surface area contributed by atoms with E-state index in [2.05, 4.69) is 72.5 Å². The van der Waals surface area contributed by atoms with Crippen LogP contribution in [-0.2, 0) is 4.79 Å². The molecule has 2 atom stereocenters. The minimum atomic E-state index is -0.685. The average molecular weight is 373 g/mol. The Morgan fingerprint density at radius 1 is 1.26 bits per heavy atom. The summed E-state index contributed by atoms with van der Waals surface area (Å²) in [5.74, 6) is -0.900. The summed E-state index contributed by atoms with van der Waals surface area (Å²) in [7, 11) is 0. The minimum absolute atomic E-state index is 0.0195. The van der Waals surface area contributed by atoms with Crippen molar-refractivity contribution in [2.75, 3.05) is 13.1 Å². The number of likely N-dealkylation sites (tertiary alicyclic amines) is 1. The third-order valence-electron chi connectivity index (χ3n) is 3.88. The van der Waals surface area contributed by atoms with Crippen LogP contribution in [-0.4, -0.2) is 34.6 Å². The van der Waals surface area contributed by atoms with Crippen molar-refractivity contribution in [2.45, 2.75) is 32.2 Å². The van der Waals surface area contributed by atoms with Gasteiger partial charge in [0.2, 0.25) is 0 Å². The molecule has 1 heterocycles. The van der Waals surface area contributed by atoms with Crippen molar-refractivity contribution in [3.8, 4) is 0 Å². The fourth-order valence-corrected chi connectivity index (χ4v) is 3.01. The molecule has 1 fully saturated rings. The van der Waals surface area contributed by atoms with Gasteiger partial charge in [-0.25, -0.2) is 0 Å². The van der Waals surface area contributed by atoms with Crippen molar-refractivity contribution in [1.29, 1.82) is 0 Å². The lowest BCUT2D eigenvalue weighted by Gasteiger charge is -2.31. The fraction of sp³-hybridized carbons (Fsp3) is 0.533. The van der Waals surface area contributed by atoms with Crippen LogP contribution in [0.5, 0.6) is 0 Å². The van der Waals surface area contributed by atoms with Crippen molar-refractivity contribution in [1.82, 2.24) is 4.90 Å². The highest BCUT2D eigenvalue weighted by Crippen LogP contribution is 2.36. The van der Waals surface area contributed by atoms with E-state index < -0.39 is 5.97 Å². The van der Waals surface area contributed by atoms with Crippen molar-refractivity contribution in [3.05, 3.63) is 33.4 Å². The summed E-state index contributed by atoms with van der Waals surface area (Å²) in [6.07, 6.45) is 0. The molecule has 19 heavy (non-hydrogen) atoms. The number of halogens is 1. The van der Waals surface area contributed by atoms with Crippen LogP contribution in [0.15, 0.2) is 24.3 Å². The molecule has 0 amide bonds. The molecule has 1 saturated heterocycles. The zero-order valence-electron chi connectivity index (χ0n) is 11.6. The van der Waals surface area contributed by atoms with Crippen molar-refractivity contribution < 1.29 is 9.90 Å². The van der Waals surface area contributed by atoms with E-state index in [9.17, 15) is 9.90 Å². The molecular weight excluding hydrogens is 353 g/mol. The number of carboxylic acid groups (broad SMARTS) is 1. The van der Waals surface area contributed by atoms with Gasteiger partial charge in [-0.2, -0.15) is 0 Å². The summed E-state index contributed by atoms with van der Waals surface area (Å²) in [5.41, 5.74) is 1.16. The van der Waals surface area contributed by atoms with E-state index in [1.807, 2.05) is 0 Å². The van der Waals surface area contributed by atoms with Gasteiger partial charge in [0, 0.05) is 28.1 Å². The molecule has 1 aromatic rings. The molecular formula is C15H20INO2. The maximum Gasteiger partial charge on any atom is 0.308 e. The van der Waals surface area contributed by atoms with E-state index in [0.29, 0.717) is 6.54 Å². The molecule has 1 aliphatic heterocycles. The maximum atomic E-state index is 11.5. The first kappa shape index (κ1) is 14.8. The molecule has 0 spiro atoms. The van der Waals surface area contributed by atoms with Gasteiger partial charge in [0.1, 0.15) is 0 Å². The van der Waals surface area contributed by atoms with Crippen molar-refractivity contribution >= 4 is 28.6 Å². The Balaban J connectivity index is 2.27. The molecule has 104 valence electrons. The molecule has 3 nitrogen and oxygen atoms in total. The quantitative estimate of drug-likeness (QED) is 0.810.